The van der Waals surface area contributed by atoms with Crippen LogP contribution in [0, 0.1) is 20.8 Å². The quantitative estimate of drug-likeness (QED) is 0.808. The van der Waals surface area contributed by atoms with Crippen LogP contribution in [-0.2, 0) is 11.3 Å². The van der Waals surface area contributed by atoms with E-state index in [0.717, 1.165) is 23.2 Å². The van der Waals surface area contributed by atoms with E-state index in [1.54, 1.807) is 0 Å². The van der Waals surface area contributed by atoms with E-state index in [4.69, 9.17) is 0 Å². The molecule has 2 aliphatic heterocycles. The number of carbonyl (C=O) groups excluding carboxylic acids is 2. The second-order valence-electron chi connectivity index (χ2n) is 6.21. The third-order valence-electron chi connectivity index (χ3n) is 4.56. The lowest BCUT2D eigenvalue weighted by Gasteiger charge is -2.20. The van der Waals surface area contributed by atoms with E-state index in [-0.39, 0.29) is 11.9 Å². The highest BCUT2D eigenvalue weighted by molar-refractivity contribution is 6.07. The minimum Gasteiger partial charge on any atom is -0.322 e. The Bertz CT molecular complexity index is 595. The van der Waals surface area contributed by atoms with E-state index in [1.165, 1.54) is 10.5 Å². The van der Waals surface area contributed by atoms with Gasteiger partial charge in [-0.15, -0.1) is 0 Å². The van der Waals surface area contributed by atoms with E-state index in [9.17, 15) is 9.59 Å². The van der Waals surface area contributed by atoms with Crippen LogP contribution in [-0.4, -0.2) is 35.5 Å². The molecule has 3 amide bonds. The summed E-state index contributed by atoms with van der Waals surface area (Å²) in [5.74, 6) is -0.100. The van der Waals surface area contributed by atoms with Crippen molar-refractivity contribution in [3.63, 3.8) is 0 Å². The SMILES string of the molecule is Cc1cc(C)c(CN2C(=O)NC3(CCNC3)C2=O)c(C)c1. The topological polar surface area (TPSA) is 61.4 Å². The number of benzene rings is 1. The zero-order valence-electron chi connectivity index (χ0n) is 12.7. The van der Waals surface area contributed by atoms with Crippen LogP contribution in [0.4, 0.5) is 4.79 Å². The maximum Gasteiger partial charge on any atom is 0.325 e. The number of amides is 3. The number of aryl methyl sites for hydroxylation is 3. The molecule has 5 nitrogen and oxygen atoms in total. The molecule has 112 valence electrons. The molecule has 1 unspecified atom stereocenters. The lowest BCUT2D eigenvalue weighted by Crippen LogP contribution is -2.48. The molecule has 2 N–H and O–H groups in total. The number of imide groups is 1. The van der Waals surface area contributed by atoms with Crippen molar-refractivity contribution in [1.82, 2.24) is 15.5 Å². The fourth-order valence-electron chi connectivity index (χ4n) is 3.42. The van der Waals surface area contributed by atoms with Crippen LogP contribution in [0.5, 0.6) is 0 Å². The maximum absolute atomic E-state index is 12.6. The normalized spacial score (nSPS) is 25.0. The molecule has 1 aromatic rings. The van der Waals surface area contributed by atoms with E-state index in [0.29, 0.717) is 19.5 Å². The van der Waals surface area contributed by atoms with Gasteiger partial charge in [0.1, 0.15) is 5.54 Å². The summed E-state index contributed by atoms with van der Waals surface area (Å²) in [6, 6.07) is 3.91. The zero-order chi connectivity index (χ0) is 15.2. The molecule has 2 heterocycles. The number of rotatable bonds is 2. The van der Waals surface area contributed by atoms with Crippen LogP contribution in [0.1, 0.15) is 28.7 Å². The molecule has 0 aliphatic carbocycles. The summed E-state index contributed by atoms with van der Waals surface area (Å²) in [5.41, 5.74) is 3.79. The number of hydrogen-bond acceptors (Lipinski definition) is 3. The highest BCUT2D eigenvalue weighted by Gasteiger charge is 2.52. The molecule has 1 spiro atoms. The maximum atomic E-state index is 12.6. The fraction of sp³-hybridized carbons (Fsp3) is 0.500. The average Bonchev–Trinajstić information content (AvgIpc) is 2.94. The van der Waals surface area contributed by atoms with Crippen LogP contribution < -0.4 is 10.6 Å². The third kappa shape index (κ3) is 2.21. The van der Waals surface area contributed by atoms with Gasteiger partial charge in [-0.2, -0.15) is 0 Å². The zero-order valence-corrected chi connectivity index (χ0v) is 12.7. The first-order valence-electron chi connectivity index (χ1n) is 7.34. The Morgan fingerprint density at radius 1 is 1.19 bits per heavy atom. The van der Waals surface area contributed by atoms with Crippen LogP contribution in [0.3, 0.4) is 0 Å². The predicted octanol–water partition coefficient (Wildman–Crippen LogP) is 1.40. The van der Waals surface area contributed by atoms with Gasteiger partial charge in [0.05, 0.1) is 6.54 Å². The number of nitrogens with zero attached hydrogens (tertiary/aromatic N) is 1. The Morgan fingerprint density at radius 2 is 1.86 bits per heavy atom. The highest BCUT2D eigenvalue weighted by atomic mass is 16.2. The van der Waals surface area contributed by atoms with E-state index < -0.39 is 5.54 Å². The lowest BCUT2D eigenvalue weighted by molar-refractivity contribution is -0.131. The second kappa shape index (κ2) is 4.84. The summed E-state index contributed by atoms with van der Waals surface area (Å²) in [7, 11) is 0. The van der Waals surface area contributed by atoms with E-state index in [2.05, 4.69) is 29.7 Å². The smallest absolute Gasteiger partial charge is 0.322 e. The van der Waals surface area contributed by atoms with Crippen LogP contribution in [0.25, 0.3) is 0 Å². The fourth-order valence-corrected chi connectivity index (χ4v) is 3.42. The van der Waals surface area contributed by atoms with Gasteiger partial charge in [0.2, 0.25) is 0 Å². The van der Waals surface area contributed by atoms with Crippen LogP contribution in [0.15, 0.2) is 12.1 Å². The molecule has 0 aromatic heterocycles. The van der Waals surface area contributed by atoms with E-state index >= 15 is 0 Å². The minimum atomic E-state index is -0.719. The predicted molar refractivity (Wildman–Crippen MR) is 80.0 cm³/mol. The van der Waals surface area contributed by atoms with Crippen molar-refractivity contribution in [3.8, 4) is 0 Å². The molecule has 2 aliphatic rings. The number of carbonyl (C=O) groups is 2. The molecule has 1 aromatic carbocycles. The first kappa shape index (κ1) is 14.1. The number of urea groups is 1. The largest absolute Gasteiger partial charge is 0.325 e. The molecular weight excluding hydrogens is 266 g/mol. The van der Waals surface area contributed by atoms with Gasteiger partial charge in [-0.3, -0.25) is 9.69 Å². The standard InChI is InChI=1S/C16H21N3O2/c1-10-6-11(2)13(12(3)7-10)8-19-14(20)16(18-15(19)21)4-5-17-9-16/h6-7,17H,4-5,8-9H2,1-3H3,(H,18,21). The molecule has 0 bridgehead atoms. The molecule has 2 saturated heterocycles. The van der Waals surface area contributed by atoms with Crippen molar-refractivity contribution in [2.24, 2.45) is 0 Å². The summed E-state index contributed by atoms with van der Waals surface area (Å²) < 4.78 is 0. The van der Waals surface area contributed by atoms with Crippen LogP contribution in [0.2, 0.25) is 0 Å². The van der Waals surface area contributed by atoms with Crippen LogP contribution >= 0.6 is 0 Å². The number of hydrogen-bond donors (Lipinski definition) is 2. The monoisotopic (exact) mass is 287 g/mol. The molecular formula is C16H21N3O2. The second-order valence-corrected chi connectivity index (χ2v) is 6.21. The third-order valence-corrected chi connectivity index (χ3v) is 4.56. The Hall–Kier alpha value is -1.88. The Kier molecular flexibility index (Phi) is 3.24. The Balaban J connectivity index is 1.89. The summed E-state index contributed by atoms with van der Waals surface area (Å²) in [6.07, 6.45) is 0.667. The van der Waals surface area contributed by atoms with Gasteiger partial charge in [-0.25, -0.2) is 4.79 Å². The average molecular weight is 287 g/mol. The lowest BCUT2D eigenvalue weighted by atomic mass is 9.97. The molecule has 5 heteroatoms. The molecule has 0 radical (unpaired) electrons. The van der Waals surface area contributed by atoms with Gasteiger partial charge in [0.25, 0.3) is 5.91 Å². The first-order chi connectivity index (χ1) is 9.93. The van der Waals surface area contributed by atoms with Crippen molar-refractivity contribution in [2.45, 2.75) is 39.3 Å². The molecule has 1 atom stereocenters. The molecule has 0 saturated carbocycles. The van der Waals surface area contributed by atoms with Crippen molar-refractivity contribution in [3.05, 3.63) is 34.4 Å². The molecule has 21 heavy (non-hydrogen) atoms. The minimum absolute atomic E-state index is 0.100. The summed E-state index contributed by atoms with van der Waals surface area (Å²) in [5, 5.41) is 6.03. The van der Waals surface area contributed by atoms with Gasteiger partial charge >= 0.3 is 6.03 Å². The van der Waals surface area contributed by atoms with Crippen molar-refractivity contribution in [2.75, 3.05) is 13.1 Å². The Labute approximate surface area is 124 Å². The van der Waals surface area contributed by atoms with Crippen molar-refractivity contribution < 1.29 is 9.59 Å². The van der Waals surface area contributed by atoms with Crippen molar-refractivity contribution >= 4 is 11.9 Å². The van der Waals surface area contributed by atoms with Gasteiger partial charge < -0.3 is 10.6 Å². The van der Waals surface area contributed by atoms with Gasteiger partial charge in [-0.05, 0) is 50.4 Å². The van der Waals surface area contributed by atoms with Gasteiger partial charge in [0.15, 0.2) is 0 Å². The molecule has 2 fully saturated rings. The summed E-state index contributed by atoms with van der Waals surface area (Å²) in [6.45, 7) is 7.75. The van der Waals surface area contributed by atoms with Gasteiger partial charge in [-0.1, -0.05) is 17.7 Å². The Morgan fingerprint density at radius 3 is 2.43 bits per heavy atom. The number of nitrogens with one attached hydrogen (secondary N) is 2. The van der Waals surface area contributed by atoms with Gasteiger partial charge in [0, 0.05) is 6.54 Å². The summed E-state index contributed by atoms with van der Waals surface area (Å²) in [4.78, 5) is 26.2. The van der Waals surface area contributed by atoms with E-state index in [1.807, 2.05) is 13.8 Å². The highest BCUT2D eigenvalue weighted by Crippen LogP contribution is 2.27. The molecule has 3 rings (SSSR count). The first-order valence-corrected chi connectivity index (χ1v) is 7.34. The van der Waals surface area contributed by atoms with Crippen molar-refractivity contribution in [1.29, 1.82) is 0 Å². The summed E-state index contributed by atoms with van der Waals surface area (Å²) >= 11 is 0.